The molecule has 1 aliphatic rings. The number of fused-ring (bicyclic) bond motifs is 1. The number of benzene rings is 2. The van der Waals surface area contributed by atoms with Gasteiger partial charge in [-0.2, -0.15) is 0 Å². The van der Waals surface area contributed by atoms with Gasteiger partial charge in [-0.25, -0.2) is 9.18 Å². The number of hydrogen-bond acceptors (Lipinski definition) is 4. The van der Waals surface area contributed by atoms with E-state index in [0.29, 0.717) is 37.9 Å². The van der Waals surface area contributed by atoms with Gasteiger partial charge in [0.05, 0.1) is 23.7 Å². The Labute approximate surface area is 207 Å². The largest absolute Gasteiger partial charge is 0.478 e. The highest BCUT2D eigenvalue weighted by Gasteiger charge is 2.29. The first-order chi connectivity index (χ1) is 16.7. The molecule has 4 rings (SSSR count). The van der Waals surface area contributed by atoms with Crippen LogP contribution in [0.15, 0.2) is 48.5 Å². The number of nitrogens with zero attached hydrogens (tertiary/aromatic N) is 1. The lowest BCUT2D eigenvalue weighted by Gasteiger charge is -2.26. The van der Waals surface area contributed by atoms with Crippen LogP contribution in [0.25, 0.3) is 0 Å². The summed E-state index contributed by atoms with van der Waals surface area (Å²) in [4.78, 5) is 40.3. The van der Waals surface area contributed by atoms with Crippen molar-refractivity contribution in [3.8, 4) is 0 Å². The zero-order chi connectivity index (χ0) is 25.1. The fourth-order valence-corrected chi connectivity index (χ4v) is 5.71. The summed E-state index contributed by atoms with van der Waals surface area (Å²) < 4.78 is 13.3. The molecule has 35 heavy (non-hydrogen) atoms. The minimum atomic E-state index is -0.997. The van der Waals surface area contributed by atoms with Crippen LogP contribution in [0.3, 0.4) is 0 Å². The quantitative estimate of drug-likeness (QED) is 0.496. The van der Waals surface area contributed by atoms with Gasteiger partial charge in [0.1, 0.15) is 5.82 Å². The van der Waals surface area contributed by atoms with E-state index < -0.39 is 5.97 Å². The molecule has 2 N–H and O–H groups in total. The summed E-state index contributed by atoms with van der Waals surface area (Å²) in [5.41, 5.74) is 3.65. The minimum Gasteiger partial charge on any atom is -0.478 e. The standard InChI is InChI=1S/C27H27FN2O4S/c1-16(19-6-8-20(9-7-19)27(33)34)29-26(32)25-22-13-14-30(17(2)31)15-24(22)35-23(25)12-5-18-3-10-21(28)11-4-18/h3-4,6-11,16H,5,12-15H2,1-2H3,(H,29,32)(H,33,34)/t16-/m0/s1. The number of rotatable bonds is 7. The number of aromatic carboxylic acids is 1. The molecule has 1 atom stereocenters. The van der Waals surface area contributed by atoms with Crippen molar-refractivity contribution in [2.24, 2.45) is 0 Å². The number of aryl methyl sites for hydroxylation is 2. The molecule has 1 aliphatic heterocycles. The Morgan fingerprint density at radius 2 is 1.77 bits per heavy atom. The zero-order valence-electron chi connectivity index (χ0n) is 19.6. The summed E-state index contributed by atoms with van der Waals surface area (Å²) in [5, 5.41) is 12.2. The summed E-state index contributed by atoms with van der Waals surface area (Å²) in [6.45, 7) is 4.49. The number of carbonyl (C=O) groups excluding carboxylic acids is 2. The molecule has 8 heteroatoms. The highest BCUT2D eigenvalue weighted by molar-refractivity contribution is 7.12. The average Bonchev–Trinajstić information content (AvgIpc) is 3.21. The van der Waals surface area contributed by atoms with E-state index in [1.807, 2.05) is 6.92 Å². The molecule has 0 fully saturated rings. The zero-order valence-corrected chi connectivity index (χ0v) is 20.5. The van der Waals surface area contributed by atoms with E-state index >= 15 is 0 Å². The van der Waals surface area contributed by atoms with E-state index in [1.165, 1.54) is 24.3 Å². The average molecular weight is 495 g/mol. The number of halogens is 1. The molecule has 182 valence electrons. The predicted octanol–water partition coefficient (Wildman–Crippen LogP) is 4.77. The number of amides is 2. The molecule has 0 aliphatic carbocycles. The van der Waals surface area contributed by atoms with E-state index in [2.05, 4.69) is 5.32 Å². The Balaban J connectivity index is 1.58. The first-order valence-electron chi connectivity index (χ1n) is 11.5. The maximum Gasteiger partial charge on any atom is 0.335 e. The lowest BCUT2D eigenvalue weighted by atomic mass is 9.98. The van der Waals surface area contributed by atoms with Crippen molar-refractivity contribution >= 4 is 29.1 Å². The third-order valence-corrected chi connectivity index (χ3v) is 7.64. The second-order valence-electron chi connectivity index (χ2n) is 8.74. The van der Waals surface area contributed by atoms with Gasteiger partial charge in [0.25, 0.3) is 5.91 Å². The first-order valence-corrected chi connectivity index (χ1v) is 12.3. The third kappa shape index (κ3) is 5.59. The van der Waals surface area contributed by atoms with E-state index in [4.69, 9.17) is 5.11 Å². The van der Waals surface area contributed by atoms with Crippen LogP contribution in [-0.2, 0) is 30.6 Å². The molecule has 0 saturated heterocycles. The molecule has 6 nitrogen and oxygen atoms in total. The molecule has 2 aromatic carbocycles. The summed E-state index contributed by atoms with van der Waals surface area (Å²) >= 11 is 1.57. The maximum absolute atomic E-state index is 13.5. The summed E-state index contributed by atoms with van der Waals surface area (Å²) in [6, 6.07) is 12.5. The number of hydrogen-bond donors (Lipinski definition) is 2. The smallest absolute Gasteiger partial charge is 0.335 e. The van der Waals surface area contributed by atoms with Crippen molar-refractivity contribution in [1.82, 2.24) is 10.2 Å². The van der Waals surface area contributed by atoms with Crippen molar-refractivity contribution in [1.29, 1.82) is 0 Å². The third-order valence-electron chi connectivity index (χ3n) is 6.36. The second kappa shape index (κ2) is 10.4. The van der Waals surface area contributed by atoms with Gasteiger partial charge in [0, 0.05) is 23.2 Å². The van der Waals surface area contributed by atoms with Gasteiger partial charge < -0.3 is 15.3 Å². The van der Waals surface area contributed by atoms with Crippen LogP contribution in [0.1, 0.15) is 67.0 Å². The van der Waals surface area contributed by atoms with Crippen LogP contribution >= 0.6 is 11.3 Å². The molecule has 0 saturated carbocycles. The van der Waals surface area contributed by atoms with Crippen molar-refractivity contribution in [3.63, 3.8) is 0 Å². The van der Waals surface area contributed by atoms with E-state index in [-0.39, 0.29) is 29.2 Å². The fourth-order valence-electron chi connectivity index (χ4n) is 4.34. The molecule has 2 amide bonds. The van der Waals surface area contributed by atoms with Crippen LogP contribution in [0.5, 0.6) is 0 Å². The molecule has 0 unspecified atom stereocenters. The molecule has 0 spiro atoms. The SMILES string of the molecule is CC(=O)N1CCc2c(sc(CCc3ccc(F)cc3)c2C(=O)N[C@@H](C)c2ccc(C(=O)O)cc2)C1. The highest BCUT2D eigenvalue weighted by Crippen LogP contribution is 2.34. The van der Waals surface area contributed by atoms with Gasteiger partial charge in [-0.1, -0.05) is 24.3 Å². The van der Waals surface area contributed by atoms with E-state index in [1.54, 1.807) is 47.4 Å². The number of carbonyl (C=O) groups is 3. The fraction of sp³-hybridized carbons (Fsp3) is 0.296. The van der Waals surface area contributed by atoms with Gasteiger partial charge in [0.2, 0.25) is 5.91 Å². The Hall–Kier alpha value is -3.52. The lowest BCUT2D eigenvalue weighted by Crippen LogP contribution is -2.35. The molecule has 1 aromatic heterocycles. The number of carboxylic acid groups (broad SMARTS) is 1. The number of thiophene rings is 1. The van der Waals surface area contributed by atoms with Gasteiger partial charge in [-0.05, 0) is 67.1 Å². The molecular weight excluding hydrogens is 467 g/mol. The van der Waals surface area contributed by atoms with Crippen LogP contribution in [0.2, 0.25) is 0 Å². The summed E-state index contributed by atoms with van der Waals surface area (Å²) in [6.07, 6.45) is 1.92. The minimum absolute atomic E-state index is 0.0151. The Bertz CT molecular complexity index is 1250. The van der Waals surface area contributed by atoms with Gasteiger partial charge in [-0.3, -0.25) is 9.59 Å². The van der Waals surface area contributed by atoms with Crippen molar-refractivity contribution in [2.45, 2.75) is 45.7 Å². The van der Waals surface area contributed by atoms with Crippen LogP contribution in [0.4, 0.5) is 4.39 Å². The van der Waals surface area contributed by atoms with Crippen molar-refractivity contribution in [2.75, 3.05) is 6.54 Å². The number of carboxylic acids is 1. The van der Waals surface area contributed by atoms with Crippen LogP contribution < -0.4 is 5.32 Å². The topological polar surface area (TPSA) is 86.7 Å². The number of nitrogens with one attached hydrogen (secondary N) is 1. The maximum atomic E-state index is 13.5. The first kappa shape index (κ1) is 24.6. The highest BCUT2D eigenvalue weighted by atomic mass is 32.1. The normalized spacial score (nSPS) is 13.7. The lowest BCUT2D eigenvalue weighted by molar-refractivity contribution is -0.129. The van der Waals surface area contributed by atoms with Gasteiger partial charge in [0.15, 0.2) is 0 Å². The van der Waals surface area contributed by atoms with Crippen molar-refractivity contribution in [3.05, 3.63) is 91.9 Å². The second-order valence-corrected chi connectivity index (χ2v) is 9.93. The Morgan fingerprint density at radius 1 is 1.09 bits per heavy atom. The van der Waals surface area contributed by atoms with Gasteiger partial charge >= 0.3 is 5.97 Å². The van der Waals surface area contributed by atoms with Crippen molar-refractivity contribution < 1.29 is 23.9 Å². The Morgan fingerprint density at radius 3 is 2.40 bits per heavy atom. The van der Waals surface area contributed by atoms with Crippen LogP contribution in [0, 0.1) is 5.82 Å². The van der Waals surface area contributed by atoms with E-state index in [0.717, 1.165) is 26.4 Å². The Kier molecular flexibility index (Phi) is 7.31. The molecule has 2 heterocycles. The molecular formula is C27H27FN2O4S. The molecule has 3 aromatic rings. The summed E-state index contributed by atoms with van der Waals surface area (Å²) in [5.74, 6) is -1.44. The van der Waals surface area contributed by atoms with Crippen LogP contribution in [-0.4, -0.2) is 34.3 Å². The summed E-state index contributed by atoms with van der Waals surface area (Å²) in [7, 11) is 0. The van der Waals surface area contributed by atoms with E-state index in [9.17, 15) is 18.8 Å². The molecule has 0 bridgehead atoms. The monoisotopic (exact) mass is 494 g/mol. The predicted molar refractivity (Wildman–Crippen MR) is 132 cm³/mol. The molecule has 0 radical (unpaired) electrons. The van der Waals surface area contributed by atoms with Gasteiger partial charge in [-0.15, -0.1) is 11.3 Å².